The Kier molecular flexibility index (Phi) is 5.82. The predicted octanol–water partition coefficient (Wildman–Crippen LogP) is 3.62. The number of hydrogen-bond acceptors (Lipinski definition) is 5. The minimum atomic E-state index is -4.75. The number of amides is 1. The average molecular weight is 469 g/mol. The van der Waals surface area contributed by atoms with Crippen molar-refractivity contribution >= 4 is 33.3 Å². The Morgan fingerprint density at radius 2 is 2.03 bits per heavy atom. The standard InChI is InChI=1S/C19H16BrF3N4O2/c1-10-8-14(19(21,22)23)13(9-24)17(25-10)27-7-6-15(28)16(27)18(29)26-12-4-2-11(20)3-5-12/h2-5,8,15-16,28H,6-7H2,1H3,(H,26,29)/t15-,16-/m0/s1. The molecule has 2 atom stereocenters. The molecule has 0 saturated carbocycles. The van der Waals surface area contributed by atoms with Crippen LogP contribution >= 0.6 is 15.9 Å². The Morgan fingerprint density at radius 3 is 2.62 bits per heavy atom. The van der Waals surface area contributed by atoms with Gasteiger partial charge in [0.25, 0.3) is 0 Å². The molecule has 2 aromatic rings. The Balaban J connectivity index is 1.99. The first kappa shape index (κ1) is 21.1. The van der Waals surface area contributed by atoms with E-state index in [-0.39, 0.29) is 24.5 Å². The second-order valence-corrected chi connectivity index (χ2v) is 7.53. The van der Waals surface area contributed by atoms with Gasteiger partial charge in [0.05, 0.1) is 11.7 Å². The van der Waals surface area contributed by atoms with Crippen molar-refractivity contribution < 1.29 is 23.1 Å². The van der Waals surface area contributed by atoms with Gasteiger partial charge < -0.3 is 15.3 Å². The quantitative estimate of drug-likeness (QED) is 0.717. The van der Waals surface area contributed by atoms with Crippen molar-refractivity contribution in [3.05, 3.63) is 51.6 Å². The van der Waals surface area contributed by atoms with Gasteiger partial charge in [-0.05, 0) is 43.7 Å². The van der Waals surface area contributed by atoms with E-state index in [2.05, 4.69) is 26.2 Å². The van der Waals surface area contributed by atoms with E-state index < -0.39 is 35.4 Å². The maximum absolute atomic E-state index is 13.4. The van der Waals surface area contributed by atoms with Gasteiger partial charge in [-0.25, -0.2) is 4.98 Å². The highest BCUT2D eigenvalue weighted by Gasteiger charge is 2.43. The first-order valence-electron chi connectivity index (χ1n) is 8.62. The lowest BCUT2D eigenvalue weighted by atomic mass is 10.1. The second kappa shape index (κ2) is 8.00. The topological polar surface area (TPSA) is 89.3 Å². The number of carbonyl (C=O) groups excluding carboxylic acids is 1. The van der Waals surface area contributed by atoms with Crippen LogP contribution in [0.4, 0.5) is 24.7 Å². The number of halogens is 4. The van der Waals surface area contributed by atoms with Crippen LogP contribution in [0.25, 0.3) is 0 Å². The van der Waals surface area contributed by atoms with Gasteiger partial charge in [0.1, 0.15) is 23.5 Å². The van der Waals surface area contributed by atoms with Gasteiger partial charge in [0, 0.05) is 22.4 Å². The van der Waals surface area contributed by atoms with Crippen molar-refractivity contribution in [2.45, 2.75) is 31.7 Å². The number of hydrogen-bond donors (Lipinski definition) is 2. The Bertz CT molecular complexity index is 973. The Labute approximate surface area is 173 Å². The van der Waals surface area contributed by atoms with Crippen molar-refractivity contribution in [2.75, 3.05) is 16.8 Å². The van der Waals surface area contributed by atoms with Crippen molar-refractivity contribution in [3.63, 3.8) is 0 Å². The summed E-state index contributed by atoms with van der Waals surface area (Å²) in [5.41, 5.74) is -1.26. The van der Waals surface area contributed by atoms with E-state index in [1.807, 2.05) is 0 Å². The van der Waals surface area contributed by atoms with E-state index in [0.717, 1.165) is 10.5 Å². The number of nitriles is 1. The highest BCUT2D eigenvalue weighted by molar-refractivity contribution is 9.10. The van der Waals surface area contributed by atoms with Crippen molar-refractivity contribution in [2.24, 2.45) is 0 Å². The number of carbonyl (C=O) groups is 1. The molecule has 1 aliphatic rings. The van der Waals surface area contributed by atoms with Gasteiger partial charge in [-0.1, -0.05) is 15.9 Å². The number of nitrogens with one attached hydrogen (secondary N) is 1. The fraction of sp³-hybridized carbons (Fsp3) is 0.316. The van der Waals surface area contributed by atoms with Crippen molar-refractivity contribution in [3.8, 4) is 6.07 Å². The zero-order chi connectivity index (χ0) is 21.3. The number of aryl methyl sites for hydroxylation is 1. The smallest absolute Gasteiger partial charge is 0.390 e. The van der Waals surface area contributed by atoms with E-state index in [1.54, 1.807) is 30.3 Å². The molecule has 29 heavy (non-hydrogen) atoms. The number of aliphatic hydroxyl groups excluding tert-OH is 1. The first-order chi connectivity index (χ1) is 13.6. The summed E-state index contributed by atoms with van der Waals surface area (Å²) in [6.07, 6.45) is -5.71. The zero-order valence-electron chi connectivity index (χ0n) is 15.2. The summed E-state index contributed by atoms with van der Waals surface area (Å²) < 4.78 is 41.0. The van der Waals surface area contributed by atoms with E-state index in [9.17, 15) is 28.3 Å². The van der Waals surface area contributed by atoms with Crippen LogP contribution in [-0.4, -0.2) is 34.7 Å². The molecule has 1 saturated heterocycles. The maximum Gasteiger partial charge on any atom is 0.417 e. The van der Waals surface area contributed by atoms with Crippen molar-refractivity contribution in [1.82, 2.24) is 4.98 Å². The third-order valence-electron chi connectivity index (χ3n) is 4.56. The molecule has 2 N–H and O–H groups in total. The molecule has 2 heterocycles. The molecule has 6 nitrogen and oxygen atoms in total. The maximum atomic E-state index is 13.4. The fourth-order valence-electron chi connectivity index (χ4n) is 3.28. The summed E-state index contributed by atoms with van der Waals surface area (Å²) in [7, 11) is 0. The molecule has 1 aromatic heterocycles. The highest BCUT2D eigenvalue weighted by Crippen LogP contribution is 2.37. The summed E-state index contributed by atoms with van der Waals surface area (Å²) in [5, 5.41) is 22.4. The minimum Gasteiger partial charge on any atom is -0.390 e. The molecule has 0 aliphatic carbocycles. The molecule has 1 aliphatic heterocycles. The molecule has 152 valence electrons. The number of pyridine rings is 1. The van der Waals surface area contributed by atoms with Crippen LogP contribution in [0.1, 0.15) is 23.2 Å². The van der Waals surface area contributed by atoms with Gasteiger partial charge in [0.2, 0.25) is 5.91 Å². The van der Waals surface area contributed by atoms with Gasteiger partial charge in [0.15, 0.2) is 0 Å². The number of nitrogens with zero attached hydrogens (tertiary/aromatic N) is 3. The van der Waals surface area contributed by atoms with Crippen LogP contribution in [0.15, 0.2) is 34.8 Å². The van der Waals surface area contributed by atoms with Crippen LogP contribution in [0.2, 0.25) is 0 Å². The van der Waals surface area contributed by atoms with Crippen LogP contribution in [0, 0.1) is 18.3 Å². The normalized spacial score (nSPS) is 19.1. The number of alkyl halides is 3. The number of aliphatic hydroxyl groups is 1. The first-order valence-corrected chi connectivity index (χ1v) is 9.41. The fourth-order valence-corrected chi connectivity index (χ4v) is 3.54. The number of benzene rings is 1. The zero-order valence-corrected chi connectivity index (χ0v) is 16.8. The van der Waals surface area contributed by atoms with Gasteiger partial charge >= 0.3 is 6.18 Å². The lowest BCUT2D eigenvalue weighted by Gasteiger charge is -2.28. The number of anilines is 2. The monoisotopic (exact) mass is 468 g/mol. The van der Waals surface area contributed by atoms with Gasteiger partial charge in [-0.2, -0.15) is 18.4 Å². The summed E-state index contributed by atoms with van der Waals surface area (Å²) >= 11 is 3.28. The van der Waals surface area contributed by atoms with E-state index in [0.29, 0.717) is 5.69 Å². The predicted molar refractivity (Wildman–Crippen MR) is 103 cm³/mol. The lowest BCUT2D eigenvalue weighted by Crippen LogP contribution is -2.46. The summed E-state index contributed by atoms with van der Waals surface area (Å²) in [6, 6.07) is 7.88. The molecule has 0 bridgehead atoms. The van der Waals surface area contributed by atoms with E-state index in [4.69, 9.17) is 0 Å². The van der Waals surface area contributed by atoms with Gasteiger partial charge in [-0.15, -0.1) is 0 Å². The molecular formula is C19H16BrF3N4O2. The largest absolute Gasteiger partial charge is 0.417 e. The molecule has 1 fully saturated rings. The molecule has 0 unspecified atom stereocenters. The van der Waals surface area contributed by atoms with Crippen molar-refractivity contribution in [1.29, 1.82) is 5.26 Å². The molecule has 0 spiro atoms. The molecule has 3 rings (SSSR count). The molecule has 10 heteroatoms. The SMILES string of the molecule is Cc1cc(C(F)(F)F)c(C#N)c(N2CC[C@H](O)[C@H]2C(=O)Nc2ccc(Br)cc2)n1. The number of rotatable bonds is 3. The molecule has 1 amide bonds. The second-order valence-electron chi connectivity index (χ2n) is 6.61. The Hall–Kier alpha value is -2.64. The molecular weight excluding hydrogens is 453 g/mol. The Morgan fingerprint density at radius 1 is 1.38 bits per heavy atom. The summed E-state index contributed by atoms with van der Waals surface area (Å²) in [5.74, 6) is -0.856. The molecule has 0 radical (unpaired) electrons. The van der Waals surface area contributed by atoms with Gasteiger partial charge in [-0.3, -0.25) is 4.79 Å². The average Bonchev–Trinajstić information content (AvgIpc) is 3.03. The van der Waals surface area contributed by atoms with Crippen LogP contribution in [0.3, 0.4) is 0 Å². The third kappa shape index (κ3) is 4.36. The van der Waals surface area contributed by atoms with Crippen LogP contribution in [0.5, 0.6) is 0 Å². The lowest BCUT2D eigenvalue weighted by molar-refractivity contribution is -0.137. The minimum absolute atomic E-state index is 0.0554. The van der Waals surface area contributed by atoms with Crippen LogP contribution < -0.4 is 10.2 Å². The van der Waals surface area contributed by atoms with E-state index >= 15 is 0 Å². The van der Waals surface area contributed by atoms with Crippen LogP contribution in [-0.2, 0) is 11.0 Å². The summed E-state index contributed by atoms with van der Waals surface area (Å²) in [6.45, 7) is 1.46. The third-order valence-corrected chi connectivity index (χ3v) is 5.09. The highest BCUT2D eigenvalue weighted by atomic mass is 79.9. The van der Waals surface area contributed by atoms with E-state index in [1.165, 1.54) is 11.8 Å². The number of aromatic nitrogens is 1. The summed E-state index contributed by atoms with van der Waals surface area (Å²) in [4.78, 5) is 18.2. The molecule has 1 aromatic carbocycles.